The van der Waals surface area contributed by atoms with Crippen LogP contribution in [0.3, 0.4) is 0 Å². The fourth-order valence-corrected chi connectivity index (χ4v) is 6.25. The number of carbonyl (C=O) groups excluding carboxylic acids is 2. The van der Waals surface area contributed by atoms with E-state index in [9.17, 15) is 18.0 Å². The largest absolute Gasteiger partial charge is 0.354 e. The summed E-state index contributed by atoms with van der Waals surface area (Å²) < 4.78 is 28.7. The Morgan fingerprint density at radius 1 is 0.878 bits per heavy atom. The van der Waals surface area contributed by atoms with Gasteiger partial charge in [0.05, 0.1) is 10.6 Å². The Morgan fingerprint density at radius 2 is 1.51 bits per heavy atom. The fourth-order valence-electron chi connectivity index (χ4n) is 4.07. The molecule has 0 unspecified atom stereocenters. The molecule has 41 heavy (non-hydrogen) atoms. The third kappa shape index (κ3) is 8.75. The predicted octanol–water partition coefficient (Wildman–Crippen LogP) is 7.08. The van der Waals surface area contributed by atoms with Gasteiger partial charge in [-0.1, -0.05) is 79.3 Å². The van der Waals surface area contributed by atoms with Crippen molar-refractivity contribution in [1.29, 1.82) is 0 Å². The average molecular weight is 659 g/mol. The number of nitrogens with one attached hydrogen (secondary N) is 1. The smallest absolute Gasteiger partial charge is 0.264 e. The maximum absolute atomic E-state index is 14.1. The van der Waals surface area contributed by atoms with E-state index in [-0.39, 0.29) is 40.4 Å². The molecule has 3 aromatic carbocycles. The van der Waals surface area contributed by atoms with Crippen molar-refractivity contribution in [2.24, 2.45) is 5.92 Å². The maximum atomic E-state index is 14.1. The van der Waals surface area contributed by atoms with Gasteiger partial charge < -0.3 is 10.2 Å². The number of hydrogen-bond acceptors (Lipinski definition) is 4. The summed E-state index contributed by atoms with van der Waals surface area (Å²) in [5.74, 6) is -0.774. The standard InChI is InChI=1S/C29H31Cl4N3O4S/c1-4-27(29(38)34-16-19(2)3)35(17-20-8-9-23(32)15-26(20)33)28(37)18-36(24-7-5-6-22(31)14-24)41(39,40)25-12-10-21(30)11-13-25/h5-15,19,27H,4,16-18H2,1-3H3,(H,34,38)/t27-/m0/s1. The second-order valence-corrected chi connectivity index (χ2v) is 13.3. The molecular formula is C29H31Cl4N3O4S. The first-order chi connectivity index (χ1) is 19.3. The highest BCUT2D eigenvalue weighted by molar-refractivity contribution is 7.92. The first-order valence-corrected chi connectivity index (χ1v) is 15.8. The number of anilines is 1. The zero-order valence-corrected chi connectivity index (χ0v) is 26.6. The van der Waals surface area contributed by atoms with Crippen LogP contribution < -0.4 is 9.62 Å². The minimum atomic E-state index is -4.25. The highest BCUT2D eigenvalue weighted by atomic mass is 35.5. The number of nitrogens with zero attached hydrogens (tertiary/aromatic N) is 2. The molecule has 220 valence electrons. The highest BCUT2D eigenvalue weighted by Gasteiger charge is 2.34. The van der Waals surface area contributed by atoms with Crippen LogP contribution in [0.15, 0.2) is 71.6 Å². The van der Waals surface area contributed by atoms with Crippen molar-refractivity contribution in [3.8, 4) is 0 Å². The number of hydrogen-bond donors (Lipinski definition) is 1. The van der Waals surface area contributed by atoms with Crippen LogP contribution in [0.5, 0.6) is 0 Å². The normalized spacial score (nSPS) is 12.2. The van der Waals surface area contributed by atoms with Gasteiger partial charge in [-0.2, -0.15) is 0 Å². The molecule has 0 aliphatic rings. The topological polar surface area (TPSA) is 86.8 Å². The first kappa shape index (κ1) is 33.0. The van der Waals surface area contributed by atoms with E-state index in [2.05, 4.69) is 5.32 Å². The monoisotopic (exact) mass is 657 g/mol. The summed E-state index contributed by atoms with van der Waals surface area (Å²) in [7, 11) is -4.25. The maximum Gasteiger partial charge on any atom is 0.264 e. The molecule has 12 heteroatoms. The van der Waals surface area contributed by atoms with Crippen molar-refractivity contribution in [3.63, 3.8) is 0 Å². The molecule has 0 spiro atoms. The third-order valence-corrected chi connectivity index (χ3v) is 9.07. The molecule has 0 radical (unpaired) electrons. The number of halogens is 4. The Morgan fingerprint density at radius 3 is 2.10 bits per heavy atom. The van der Waals surface area contributed by atoms with Crippen LogP contribution in [0.25, 0.3) is 0 Å². The lowest BCUT2D eigenvalue weighted by molar-refractivity contribution is -0.140. The number of rotatable bonds is 12. The lowest BCUT2D eigenvalue weighted by atomic mass is 10.1. The van der Waals surface area contributed by atoms with Crippen LogP contribution in [0.4, 0.5) is 5.69 Å². The summed E-state index contributed by atoms with van der Waals surface area (Å²) in [5, 5.41) is 4.26. The molecule has 0 heterocycles. The summed E-state index contributed by atoms with van der Waals surface area (Å²) in [6.07, 6.45) is 0.280. The summed E-state index contributed by atoms with van der Waals surface area (Å²) in [5.41, 5.74) is 0.733. The van der Waals surface area contributed by atoms with E-state index in [4.69, 9.17) is 46.4 Å². The summed E-state index contributed by atoms with van der Waals surface area (Å²) in [6, 6.07) is 15.8. The van der Waals surface area contributed by atoms with Gasteiger partial charge in [0.15, 0.2) is 0 Å². The van der Waals surface area contributed by atoms with Gasteiger partial charge in [-0.25, -0.2) is 8.42 Å². The highest BCUT2D eigenvalue weighted by Crippen LogP contribution is 2.28. The lowest BCUT2D eigenvalue weighted by Crippen LogP contribution is -2.52. The number of carbonyl (C=O) groups is 2. The molecule has 1 N–H and O–H groups in total. The molecule has 3 rings (SSSR count). The van der Waals surface area contributed by atoms with Crippen LogP contribution >= 0.6 is 46.4 Å². The van der Waals surface area contributed by atoms with Crippen molar-refractivity contribution < 1.29 is 18.0 Å². The Balaban J connectivity index is 2.07. The van der Waals surface area contributed by atoms with Gasteiger partial charge >= 0.3 is 0 Å². The zero-order chi connectivity index (χ0) is 30.3. The molecular weight excluding hydrogens is 628 g/mol. The van der Waals surface area contributed by atoms with Gasteiger partial charge in [0, 0.05) is 33.2 Å². The van der Waals surface area contributed by atoms with E-state index < -0.39 is 28.5 Å². The number of sulfonamides is 1. The van der Waals surface area contributed by atoms with Gasteiger partial charge in [-0.05, 0) is 72.5 Å². The van der Waals surface area contributed by atoms with E-state index in [1.807, 2.05) is 13.8 Å². The van der Waals surface area contributed by atoms with E-state index in [0.29, 0.717) is 27.2 Å². The zero-order valence-electron chi connectivity index (χ0n) is 22.8. The molecule has 3 aromatic rings. The molecule has 0 saturated carbocycles. The van der Waals surface area contributed by atoms with Crippen LogP contribution in [0, 0.1) is 5.92 Å². The van der Waals surface area contributed by atoms with Gasteiger partial charge in [-0.15, -0.1) is 0 Å². The van der Waals surface area contributed by atoms with Gasteiger partial charge in [0.2, 0.25) is 11.8 Å². The van der Waals surface area contributed by atoms with Crippen LogP contribution in [-0.2, 0) is 26.2 Å². The van der Waals surface area contributed by atoms with E-state index in [1.165, 1.54) is 35.2 Å². The molecule has 0 bridgehead atoms. The van der Waals surface area contributed by atoms with Crippen molar-refractivity contribution in [1.82, 2.24) is 10.2 Å². The molecule has 7 nitrogen and oxygen atoms in total. The SMILES string of the molecule is CC[C@@H](C(=O)NCC(C)C)N(Cc1ccc(Cl)cc1Cl)C(=O)CN(c1cccc(Cl)c1)S(=O)(=O)c1ccc(Cl)cc1. The molecule has 0 fully saturated rings. The van der Waals surface area contributed by atoms with E-state index >= 15 is 0 Å². The molecule has 0 aliphatic heterocycles. The van der Waals surface area contributed by atoms with Crippen molar-refractivity contribution in [2.45, 2.75) is 44.7 Å². The molecule has 2 amide bonds. The quantitative estimate of drug-likeness (QED) is 0.225. The number of amides is 2. The van der Waals surface area contributed by atoms with E-state index in [0.717, 1.165) is 4.31 Å². The first-order valence-electron chi connectivity index (χ1n) is 12.9. The minimum absolute atomic E-state index is 0.0488. The van der Waals surface area contributed by atoms with E-state index in [1.54, 1.807) is 43.3 Å². The second-order valence-electron chi connectivity index (χ2n) is 9.77. The van der Waals surface area contributed by atoms with Crippen molar-refractivity contribution >= 4 is 73.9 Å². The van der Waals surface area contributed by atoms with Crippen molar-refractivity contribution in [2.75, 3.05) is 17.4 Å². The van der Waals surface area contributed by atoms with Crippen LogP contribution in [0.2, 0.25) is 20.1 Å². The second kappa shape index (κ2) is 14.6. The van der Waals surface area contributed by atoms with Gasteiger partial charge in [0.25, 0.3) is 10.0 Å². The predicted molar refractivity (Wildman–Crippen MR) is 166 cm³/mol. The summed E-state index contributed by atoms with van der Waals surface area (Å²) in [4.78, 5) is 28.7. The van der Waals surface area contributed by atoms with Gasteiger partial charge in [0.1, 0.15) is 12.6 Å². The minimum Gasteiger partial charge on any atom is -0.354 e. The third-order valence-electron chi connectivity index (χ3n) is 6.20. The lowest BCUT2D eigenvalue weighted by Gasteiger charge is -2.33. The van der Waals surface area contributed by atoms with Crippen LogP contribution in [0.1, 0.15) is 32.8 Å². The molecule has 1 atom stereocenters. The molecule has 0 aromatic heterocycles. The molecule has 0 saturated heterocycles. The Bertz CT molecular complexity index is 1480. The van der Waals surface area contributed by atoms with Gasteiger partial charge in [-0.3, -0.25) is 13.9 Å². The molecule has 0 aliphatic carbocycles. The summed E-state index contributed by atoms with van der Waals surface area (Å²) >= 11 is 24.7. The number of benzene rings is 3. The average Bonchev–Trinajstić information content (AvgIpc) is 2.91. The Hall–Kier alpha value is -2.49. The van der Waals surface area contributed by atoms with Crippen molar-refractivity contribution in [3.05, 3.63) is 92.4 Å². The Kier molecular flexibility index (Phi) is 11.8. The van der Waals surface area contributed by atoms with Crippen LogP contribution in [-0.4, -0.2) is 44.3 Å². The Labute approximate surface area is 261 Å². The summed E-state index contributed by atoms with van der Waals surface area (Å²) in [6.45, 7) is 5.46. The fraction of sp³-hybridized carbons (Fsp3) is 0.310.